The molecular weight excluding hydrogens is 386 g/mol. The van der Waals surface area contributed by atoms with E-state index in [0.29, 0.717) is 25.7 Å². The van der Waals surface area contributed by atoms with Crippen molar-refractivity contribution >= 4 is 5.91 Å². The number of hydrogen-bond acceptors (Lipinski definition) is 6. The molecular formula is C23H35NO6. The highest BCUT2D eigenvalue weighted by atomic mass is 16.8. The maximum absolute atomic E-state index is 12.0. The molecule has 0 spiro atoms. The van der Waals surface area contributed by atoms with Crippen molar-refractivity contribution in [1.82, 2.24) is 5.32 Å². The third-order valence-electron chi connectivity index (χ3n) is 5.29. The lowest BCUT2D eigenvalue weighted by Gasteiger charge is -2.51. The third-order valence-corrected chi connectivity index (χ3v) is 5.29. The Hall–Kier alpha value is -1.51. The summed E-state index contributed by atoms with van der Waals surface area (Å²) < 4.78 is 30.6. The standard InChI is InChI=1S/C23H35NO6/c1-15(2)11-12-26-21-19(24-16(3)25)22(27-13-17-9-7-6-8-10-17)29-18-14-28-23(4,5)30-20(18)21/h6-10,15,18-22H,11-14H2,1-5H3,(H,24,25). The van der Waals surface area contributed by atoms with E-state index in [-0.39, 0.29) is 18.1 Å². The van der Waals surface area contributed by atoms with Gasteiger partial charge >= 0.3 is 0 Å². The van der Waals surface area contributed by atoms with Crippen molar-refractivity contribution in [1.29, 1.82) is 0 Å². The molecule has 2 saturated heterocycles. The van der Waals surface area contributed by atoms with Gasteiger partial charge in [-0.15, -0.1) is 0 Å². The molecule has 1 aromatic carbocycles. The second kappa shape index (κ2) is 10.2. The Morgan fingerprint density at radius 1 is 1.23 bits per heavy atom. The van der Waals surface area contributed by atoms with Crippen molar-refractivity contribution in [3.8, 4) is 0 Å². The van der Waals surface area contributed by atoms with Gasteiger partial charge in [0.05, 0.1) is 13.2 Å². The summed E-state index contributed by atoms with van der Waals surface area (Å²) in [5.41, 5.74) is 1.03. The van der Waals surface area contributed by atoms with Gasteiger partial charge in [0.1, 0.15) is 24.4 Å². The predicted molar refractivity (Wildman–Crippen MR) is 112 cm³/mol. The molecule has 5 atom stereocenters. The molecule has 1 N–H and O–H groups in total. The molecule has 7 heteroatoms. The molecule has 2 heterocycles. The molecule has 0 saturated carbocycles. The van der Waals surface area contributed by atoms with Crippen LogP contribution in [-0.4, -0.2) is 55.6 Å². The van der Waals surface area contributed by atoms with Gasteiger partial charge < -0.3 is 29.0 Å². The number of benzene rings is 1. The number of amides is 1. The number of hydrogen-bond donors (Lipinski definition) is 1. The van der Waals surface area contributed by atoms with Gasteiger partial charge in [0.2, 0.25) is 5.91 Å². The van der Waals surface area contributed by atoms with Crippen LogP contribution in [0.1, 0.15) is 46.6 Å². The lowest BCUT2D eigenvalue weighted by molar-refractivity contribution is -0.373. The van der Waals surface area contributed by atoms with Crippen LogP contribution in [0.3, 0.4) is 0 Å². The van der Waals surface area contributed by atoms with Crippen molar-refractivity contribution in [2.45, 2.75) is 84.1 Å². The summed E-state index contributed by atoms with van der Waals surface area (Å²) in [5, 5.41) is 2.98. The highest BCUT2D eigenvalue weighted by Crippen LogP contribution is 2.34. The van der Waals surface area contributed by atoms with E-state index in [1.807, 2.05) is 44.2 Å². The Kier molecular flexibility index (Phi) is 7.87. The van der Waals surface area contributed by atoms with E-state index in [1.165, 1.54) is 6.92 Å². The minimum Gasteiger partial charge on any atom is -0.373 e. The van der Waals surface area contributed by atoms with Gasteiger partial charge in [0.25, 0.3) is 0 Å². The lowest BCUT2D eigenvalue weighted by Crippen LogP contribution is -2.69. The average molecular weight is 422 g/mol. The van der Waals surface area contributed by atoms with Crippen molar-refractivity contribution in [2.75, 3.05) is 13.2 Å². The number of fused-ring (bicyclic) bond motifs is 1. The molecule has 5 unspecified atom stereocenters. The van der Waals surface area contributed by atoms with Crippen molar-refractivity contribution in [3.05, 3.63) is 35.9 Å². The molecule has 2 aliphatic heterocycles. The molecule has 0 bridgehead atoms. The summed E-state index contributed by atoms with van der Waals surface area (Å²) in [7, 11) is 0. The van der Waals surface area contributed by atoms with E-state index in [0.717, 1.165) is 12.0 Å². The smallest absolute Gasteiger partial charge is 0.217 e. The number of ether oxygens (including phenoxy) is 5. The summed E-state index contributed by atoms with van der Waals surface area (Å²) in [4.78, 5) is 12.0. The lowest BCUT2D eigenvalue weighted by atomic mass is 9.94. The predicted octanol–water partition coefficient (Wildman–Crippen LogP) is 3.02. The van der Waals surface area contributed by atoms with Crippen LogP contribution in [0.25, 0.3) is 0 Å². The number of rotatable bonds is 8. The first-order chi connectivity index (χ1) is 14.2. The molecule has 2 aliphatic rings. The average Bonchev–Trinajstić information content (AvgIpc) is 2.68. The molecule has 2 fully saturated rings. The van der Waals surface area contributed by atoms with Gasteiger partial charge in [-0.1, -0.05) is 44.2 Å². The van der Waals surface area contributed by atoms with Gasteiger partial charge in [0.15, 0.2) is 12.1 Å². The van der Waals surface area contributed by atoms with Crippen LogP contribution >= 0.6 is 0 Å². The molecule has 30 heavy (non-hydrogen) atoms. The normalized spacial score (nSPS) is 30.7. The van der Waals surface area contributed by atoms with E-state index in [2.05, 4.69) is 19.2 Å². The van der Waals surface area contributed by atoms with Gasteiger partial charge in [-0.25, -0.2) is 0 Å². The molecule has 1 amide bonds. The first-order valence-electron chi connectivity index (χ1n) is 10.8. The van der Waals surface area contributed by atoms with Crippen molar-refractivity contribution in [2.24, 2.45) is 5.92 Å². The van der Waals surface area contributed by atoms with E-state index in [4.69, 9.17) is 23.7 Å². The van der Waals surface area contributed by atoms with Crippen LogP contribution in [-0.2, 0) is 35.1 Å². The van der Waals surface area contributed by atoms with Gasteiger partial charge in [0, 0.05) is 13.5 Å². The number of nitrogens with one attached hydrogen (secondary N) is 1. The maximum Gasteiger partial charge on any atom is 0.217 e. The fourth-order valence-electron chi connectivity index (χ4n) is 3.75. The maximum atomic E-state index is 12.0. The van der Waals surface area contributed by atoms with Crippen molar-refractivity contribution in [3.63, 3.8) is 0 Å². The van der Waals surface area contributed by atoms with Gasteiger partial charge in [-0.2, -0.15) is 0 Å². The number of carbonyl (C=O) groups excluding carboxylic acids is 1. The molecule has 7 nitrogen and oxygen atoms in total. The summed E-state index contributed by atoms with van der Waals surface area (Å²) in [6.07, 6.45) is -0.873. The SMILES string of the molecule is CC(=O)NC1C(OCc2ccccc2)OC2COC(C)(C)OC2C1OCCC(C)C. The Labute approximate surface area is 179 Å². The minimum atomic E-state index is -0.747. The third kappa shape index (κ3) is 6.25. The molecule has 168 valence electrons. The topological polar surface area (TPSA) is 75.3 Å². The highest BCUT2D eigenvalue weighted by Gasteiger charge is 2.52. The summed E-state index contributed by atoms with van der Waals surface area (Å²) in [5.74, 6) is -0.404. The second-order valence-electron chi connectivity index (χ2n) is 8.88. The quantitative estimate of drug-likeness (QED) is 0.696. The molecule has 0 aliphatic carbocycles. The first kappa shape index (κ1) is 23.2. The zero-order valence-corrected chi connectivity index (χ0v) is 18.6. The van der Waals surface area contributed by atoms with Crippen LogP contribution in [0, 0.1) is 5.92 Å². The first-order valence-corrected chi connectivity index (χ1v) is 10.8. The zero-order valence-electron chi connectivity index (χ0n) is 18.6. The van der Waals surface area contributed by atoms with E-state index in [9.17, 15) is 4.79 Å². The largest absolute Gasteiger partial charge is 0.373 e. The Morgan fingerprint density at radius 2 is 1.97 bits per heavy atom. The van der Waals surface area contributed by atoms with Crippen LogP contribution < -0.4 is 5.32 Å². The Bertz CT molecular complexity index is 680. The fourth-order valence-corrected chi connectivity index (χ4v) is 3.75. The van der Waals surface area contributed by atoms with Crippen LogP contribution in [0.2, 0.25) is 0 Å². The molecule has 1 aromatic rings. The van der Waals surface area contributed by atoms with Gasteiger partial charge in [-0.3, -0.25) is 4.79 Å². The van der Waals surface area contributed by atoms with Crippen LogP contribution in [0.15, 0.2) is 30.3 Å². The molecule has 0 radical (unpaired) electrons. The van der Waals surface area contributed by atoms with E-state index >= 15 is 0 Å². The summed E-state index contributed by atoms with van der Waals surface area (Å²) in [6, 6.07) is 9.38. The summed E-state index contributed by atoms with van der Waals surface area (Å²) in [6.45, 7) is 10.9. The Balaban J connectivity index is 1.79. The second-order valence-corrected chi connectivity index (χ2v) is 8.88. The number of carbonyl (C=O) groups is 1. The van der Waals surface area contributed by atoms with Crippen molar-refractivity contribution < 1.29 is 28.5 Å². The monoisotopic (exact) mass is 421 g/mol. The minimum absolute atomic E-state index is 0.167. The van der Waals surface area contributed by atoms with Crippen LogP contribution in [0.4, 0.5) is 0 Å². The molecule has 0 aromatic heterocycles. The van der Waals surface area contributed by atoms with E-state index < -0.39 is 24.2 Å². The van der Waals surface area contributed by atoms with Crippen LogP contribution in [0.5, 0.6) is 0 Å². The summed E-state index contributed by atoms with van der Waals surface area (Å²) >= 11 is 0. The molecule has 3 rings (SSSR count). The fraction of sp³-hybridized carbons (Fsp3) is 0.696. The zero-order chi connectivity index (χ0) is 21.7. The highest BCUT2D eigenvalue weighted by molar-refractivity contribution is 5.73. The Morgan fingerprint density at radius 3 is 2.63 bits per heavy atom. The van der Waals surface area contributed by atoms with Gasteiger partial charge in [-0.05, 0) is 31.7 Å². The van der Waals surface area contributed by atoms with E-state index in [1.54, 1.807) is 0 Å².